The monoisotopic (exact) mass is 748 g/mol. The molecular weight excluding hydrogens is 655 g/mol. The molecule has 0 heterocycles. The van der Waals surface area contributed by atoms with Crippen LogP contribution in [0.5, 0.6) is 0 Å². The topological polar surface area (TPSA) is 89.8 Å². The lowest BCUT2D eigenvalue weighted by Gasteiger charge is -2.26. The van der Waals surface area contributed by atoms with Crippen LogP contribution in [0.2, 0.25) is 0 Å². The number of aliphatic hydroxyl groups is 3. The molecule has 0 aliphatic heterocycles. The maximum absolute atomic E-state index is 12.4. The molecule has 4 N–H and O–H groups in total. The number of carbonyl (C=O) groups excluding carboxylic acids is 1. The van der Waals surface area contributed by atoms with Gasteiger partial charge in [-0.2, -0.15) is 0 Å². The second kappa shape index (κ2) is 43.6. The smallest absolute Gasteiger partial charge is 0.220 e. The zero-order valence-electron chi connectivity index (χ0n) is 35.7. The van der Waals surface area contributed by atoms with E-state index in [1.165, 1.54) is 180 Å². The number of amides is 1. The molecule has 5 nitrogen and oxygen atoms in total. The van der Waals surface area contributed by atoms with Crippen LogP contribution in [0.3, 0.4) is 0 Å². The fourth-order valence-electron chi connectivity index (χ4n) is 7.36. The summed E-state index contributed by atoms with van der Waals surface area (Å²) >= 11 is 0. The Kier molecular flexibility index (Phi) is 42.6. The molecule has 0 aromatic heterocycles. The van der Waals surface area contributed by atoms with Crippen LogP contribution in [0.1, 0.15) is 251 Å². The van der Waals surface area contributed by atoms with Crippen LogP contribution in [-0.2, 0) is 4.79 Å². The van der Waals surface area contributed by atoms with Gasteiger partial charge in [0, 0.05) is 6.42 Å². The van der Waals surface area contributed by atoms with Gasteiger partial charge in [-0.3, -0.25) is 4.79 Å². The Morgan fingerprint density at radius 1 is 0.453 bits per heavy atom. The molecule has 5 heteroatoms. The number of hydrogen-bond acceptors (Lipinski definition) is 4. The number of rotatable bonds is 43. The number of nitrogens with one attached hydrogen (secondary N) is 1. The molecule has 0 rings (SSSR count). The maximum Gasteiger partial charge on any atom is 0.220 e. The summed E-state index contributed by atoms with van der Waals surface area (Å²) in [6.45, 7) is 4.14. The van der Waals surface area contributed by atoms with Gasteiger partial charge in [-0.05, 0) is 51.4 Å². The minimum Gasteiger partial charge on any atom is -0.394 e. The number of unbranched alkanes of at least 4 members (excludes halogenated alkanes) is 31. The van der Waals surface area contributed by atoms with Crippen LogP contribution in [0.15, 0.2) is 24.3 Å². The summed E-state index contributed by atoms with van der Waals surface area (Å²) in [4.78, 5) is 12.4. The molecule has 53 heavy (non-hydrogen) atoms. The van der Waals surface area contributed by atoms with Crippen LogP contribution in [0, 0.1) is 0 Å². The Bertz CT molecular complexity index is 784. The molecule has 0 aromatic rings. The van der Waals surface area contributed by atoms with Crippen LogP contribution in [0.4, 0.5) is 0 Å². The van der Waals surface area contributed by atoms with E-state index in [0.29, 0.717) is 12.8 Å². The predicted molar refractivity (Wildman–Crippen MR) is 231 cm³/mol. The van der Waals surface area contributed by atoms with Gasteiger partial charge in [0.25, 0.3) is 0 Å². The minimum absolute atomic E-state index is 0.155. The Morgan fingerprint density at radius 3 is 1.15 bits per heavy atom. The Morgan fingerprint density at radius 2 is 0.774 bits per heavy atom. The van der Waals surface area contributed by atoms with Crippen LogP contribution < -0.4 is 5.32 Å². The molecule has 0 aromatic carbocycles. The summed E-state index contributed by atoms with van der Waals surface area (Å²) in [6.07, 6.45) is 53.1. The zero-order chi connectivity index (χ0) is 38.7. The fourth-order valence-corrected chi connectivity index (χ4v) is 7.36. The molecule has 0 aliphatic carbocycles. The summed E-state index contributed by atoms with van der Waals surface area (Å²) in [5.41, 5.74) is 0. The molecule has 0 spiro atoms. The second-order valence-corrected chi connectivity index (χ2v) is 16.3. The average molecular weight is 748 g/mol. The molecule has 3 atom stereocenters. The highest BCUT2D eigenvalue weighted by molar-refractivity contribution is 5.76. The van der Waals surface area contributed by atoms with E-state index in [1.54, 1.807) is 0 Å². The van der Waals surface area contributed by atoms with Gasteiger partial charge in [-0.1, -0.05) is 218 Å². The predicted octanol–water partition coefficient (Wildman–Crippen LogP) is 13.8. The number of aliphatic hydroxyl groups excluding tert-OH is 3. The summed E-state index contributed by atoms with van der Waals surface area (Å²) < 4.78 is 0. The van der Waals surface area contributed by atoms with Gasteiger partial charge in [-0.25, -0.2) is 0 Å². The van der Waals surface area contributed by atoms with Gasteiger partial charge in [0.15, 0.2) is 0 Å². The quantitative estimate of drug-likeness (QED) is 0.0369. The maximum atomic E-state index is 12.4. The van der Waals surface area contributed by atoms with Crippen molar-refractivity contribution in [2.24, 2.45) is 0 Å². The highest BCUT2D eigenvalue weighted by atomic mass is 16.3. The minimum atomic E-state index is -1.16. The van der Waals surface area contributed by atoms with Gasteiger partial charge in [0.1, 0.15) is 6.10 Å². The zero-order valence-corrected chi connectivity index (χ0v) is 35.7. The molecule has 0 radical (unpaired) electrons. The van der Waals surface area contributed by atoms with Crippen molar-refractivity contribution in [3.05, 3.63) is 24.3 Å². The Hall–Kier alpha value is -1.17. The lowest BCUT2D eigenvalue weighted by molar-refractivity contribution is -0.124. The highest BCUT2D eigenvalue weighted by Crippen LogP contribution is 2.17. The van der Waals surface area contributed by atoms with Crippen LogP contribution in [-0.4, -0.2) is 46.1 Å². The van der Waals surface area contributed by atoms with Gasteiger partial charge < -0.3 is 20.6 Å². The van der Waals surface area contributed by atoms with E-state index >= 15 is 0 Å². The first-order chi connectivity index (χ1) is 26.1. The number of hydrogen-bond donors (Lipinski definition) is 4. The molecule has 1 amide bonds. The third-order valence-electron chi connectivity index (χ3n) is 11.0. The van der Waals surface area contributed by atoms with Crippen molar-refractivity contribution in [2.75, 3.05) is 6.61 Å². The largest absolute Gasteiger partial charge is 0.394 e. The van der Waals surface area contributed by atoms with Crippen molar-refractivity contribution >= 4 is 5.91 Å². The molecule has 0 fully saturated rings. The summed E-state index contributed by atoms with van der Waals surface area (Å²) in [5.74, 6) is -0.155. The molecule has 0 bridgehead atoms. The van der Waals surface area contributed by atoms with Crippen molar-refractivity contribution in [1.29, 1.82) is 0 Å². The molecular formula is C48H93NO4. The lowest BCUT2D eigenvalue weighted by atomic mass is 10.0. The second-order valence-electron chi connectivity index (χ2n) is 16.3. The third-order valence-corrected chi connectivity index (χ3v) is 11.0. The number of carbonyl (C=O) groups is 1. The Balaban J connectivity index is 3.53. The summed E-state index contributed by atoms with van der Waals surface area (Å²) in [5, 5.41) is 33.4. The highest BCUT2D eigenvalue weighted by Gasteiger charge is 2.26. The Labute approximate surface area is 331 Å². The molecule has 0 aliphatic rings. The normalized spacial score (nSPS) is 13.7. The van der Waals surface area contributed by atoms with E-state index in [-0.39, 0.29) is 12.5 Å². The molecule has 314 valence electrons. The van der Waals surface area contributed by atoms with Gasteiger partial charge >= 0.3 is 0 Å². The van der Waals surface area contributed by atoms with Crippen molar-refractivity contribution in [1.82, 2.24) is 5.32 Å². The molecule has 0 saturated heterocycles. The van der Waals surface area contributed by atoms with Crippen LogP contribution >= 0.6 is 0 Å². The lowest BCUT2D eigenvalue weighted by Crippen LogP contribution is -2.50. The summed E-state index contributed by atoms with van der Waals surface area (Å²) in [7, 11) is 0. The van der Waals surface area contributed by atoms with Crippen molar-refractivity contribution in [3.8, 4) is 0 Å². The standard InChI is InChI=1S/C48H93NO4/c1-3-5-7-9-11-13-15-17-18-19-20-21-22-23-24-25-26-27-28-29-30-31-33-35-37-39-41-43-47(52)49-45(44-50)48(53)46(51)42-40-38-36-34-32-16-14-12-10-8-6-4-2/h12,14,34,36,45-46,48,50-51,53H,3-11,13,15-33,35,37-44H2,1-2H3,(H,49,52)/b14-12+,36-34+. The summed E-state index contributed by atoms with van der Waals surface area (Å²) in [6, 6.07) is -0.828. The van der Waals surface area contributed by atoms with E-state index in [1.807, 2.05) is 0 Å². The van der Waals surface area contributed by atoms with Crippen molar-refractivity contribution < 1.29 is 20.1 Å². The first-order valence-electron chi connectivity index (χ1n) is 23.6. The van der Waals surface area contributed by atoms with E-state index in [2.05, 4.69) is 43.5 Å². The van der Waals surface area contributed by atoms with Gasteiger partial charge in [-0.15, -0.1) is 0 Å². The van der Waals surface area contributed by atoms with E-state index in [9.17, 15) is 20.1 Å². The molecule has 0 saturated carbocycles. The first kappa shape index (κ1) is 51.8. The fraction of sp³-hybridized carbons (Fsp3) is 0.896. The average Bonchev–Trinajstić information content (AvgIpc) is 3.16. The van der Waals surface area contributed by atoms with Crippen LogP contribution in [0.25, 0.3) is 0 Å². The van der Waals surface area contributed by atoms with Gasteiger partial charge in [0.2, 0.25) is 5.91 Å². The third kappa shape index (κ3) is 38.9. The van der Waals surface area contributed by atoms with E-state index in [0.717, 1.165) is 44.9 Å². The van der Waals surface area contributed by atoms with Crippen molar-refractivity contribution in [2.45, 2.75) is 270 Å². The van der Waals surface area contributed by atoms with E-state index in [4.69, 9.17) is 0 Å². The molecule has 3 unspecified atom stereocenters. The number of allylic oxidation sites excluding steroid dienone is 4. The van der Waals surface area contributed by atoms with Gasteiger partial charge in [0.05, 0.1) is 18.8 Å². The first-order valence-corrected chi connectivity index (χ1v) is 23.6. The van der Waals surface area contributed by atoms with E-state index < -0.39 is 18.2 Å². The van der Waals surface area contributed by atoms with Crippen molar-refractivity contribution in [3.63, 3.8) is 0 Å². The SMILES string of the molecule is CCCCC/C=C/CC/C=C/CCCC(O)C(O)C(CO)NC(=O)CCCCCCCCCCCCCCCCCCCCCCCCCCCCC.